The number of aromatic nitrogens is 1. The molecular weight excluding hydrogens is 276 g/mol. The van der Waals surface area contributed by atoms with Crippen LogP contribution in [0.25, 0.3) is 11.3 Å². The van der Waals surface area contributed by atoms with E-state index in [0.717, 1.165) is 43.2 Å². The predicted octanol–water partition coefficient (Wildman–Crippen LogP) is 3.53. The summed E-state index contributed by atoms with van der Waals surface area (Å²) in [4.78, 5) is 18.5. The van der Waals surface area contributed by atoms with Gasteiger partial charge in [-0.15, -0.1) is 0 Å². The van der Waals surface area contributed by atoms with E-state index in [0.29, 0.717) is 18.7 Å². The average molecular weight is 298 g/mol. The number of likely N-dealkylation sites (tertiary alicyclic amines) is 1. The monoisotopic (exact) mass is 298 g/mol. The molecule has 1 aliphatic rings. The molecule has 0 saturated carbocycles. The van der Waals surface area contributed by atoms with Crippen molar-refractivity contribution in [3.05, 3.63) is 42.4 Å². The third kappa shape index (κ3) is 3.56. The molecule has 1 aliphatic heterocycles. The maximum absolute atomic E-state index is 12.2. The van der Waals surface area contributed by atoms with Crippen molar-refractivity contribution in [3.63, 3.8) is 0 Å². The fourth-order valence-corrected chi connectivity index (χ4v) is 2.79. The first-order valence-corrected chi connectivity index (χ1v) is 8.00. The molecule has 4 nitrogen and oxygen atoms in total. The number of benzene rings is 1. The molecule has 116 valence electrons. The molecule has 4 heteroatoms. The molecule has 2 heterocycles. The number of piperidine rings is 1. The lowest BCUT2D eigenvalue weighted by Gasteiger charge is -2.30. The summed E-state index contributed by atoms with van der Waals surface area (Å²) < 4.78 is 5.74. The molecule has 1 aromatic carbocycles. The summed E-state index contributed by atoms with van der Waals surface area (Å²) in [6.07, 6.45) is 5.00. The van der Waals surface area contributed by atoms with Crippen molar-refractivity contribution < 1.29 is 9.21 Å². The molecule has 2 aromatic rings. The van der Waals surface area contributed by atoms with Gasteiger partial charge in [0.05, 0.1) is 6.20 Å². The van der Waals surface area contributed by atoms with Crippen LogP contribution in [-0.4, -0.2) is 28.9 Å². The fraction of sp³-hybridized carbons (Fsp3) is 0.444. The smallest absolute Gasteiger partial charge is 0.223 e. The molecule has 0 unspecified atom stereocenters. The Morgan fingerprint density at radius 3 is 2.73 bits per heavy atom. The minimum Gasteiger partial charge on any atom is -0.441 e. The zero-order chi connectivity index (χ0) is 15.4. The minimum absolute atomic E-state index is 0.214. The maximum atomic E-state index is 12.2. The average Bonchev–Trinajstić information content (AvgIpc) is 3.03. The van der Waals surface area contributed by atoms with Gasteiger partial charge in [0.1, 0.15) is 0 Å². The van der Waals surface area contributed by atoms with Crippen molar-refractivity contribution in [2.24, 2.45) is 5.92 Å². The summed E-state index contributed by atoms with van der Waals surface area (Å²) in [6, 6.07) is 9.89. The van der Waals surface area contributed by atoms with Gasteiger partial charge in [0, 0.05) is 31.5 Å². The molecule has 0 radical (unpaired) electrons. The predicted molar refractivity (Wildman–Crippen MR) is 85.2 cm³/mol. The van der Waals surface area contributed by atoms with Crippen LogP contribution in [0.15, 0.2) is 40.9 Å². The van der Waals surface area contributed by atoms with Crippen molar-refractivity contribution >= 4 is 5.91 Å². The number of hydrogen-bond donors (Lipinski definition) is 0. The molecule has 0 aliphatic carbocycles. The second kappa shape index (κ2) is 6.77. The quantitative estimate of drug-likeness (QED) is 0.867. The van der Waals surface area contributed by atoms with E-state index in [-0.39, 0.29) is 5.91 Å². The van der Waals surface area contributed by atoms with E-state index in [9.17, 15) is 4.79 Å². The summed E-state index contributed by atoms with van der Waals surface area (Å²) in [7, 11) is 0. The Kier molecular flexibility index (Phi) is 4.56. The van der Waals surface area contributed by atoms with Gasteiger partial charge in [-0.2, -0.15) is 0 Å². The summed E-state index contributed by atoms with van der Waals surface area (Å²) >= 11 is 0. The molecule has 0 spiro atoms. The maximum Gasteiger partial charge on any atom is 0.223 e. The first-order chi connectivity index (χ1) is 10.7. The van der Waals surface area contributed by atoms with E-state index in [4.69, 9.17) is 4.42 Å². The topological polar surface area (TPSA) is 46.3 Å². The zero-order valence-electron chi connectivity index (χ0n) is 13.0. The number of carbonyl (C=O) groups is 1. The Bertz CT molecular complexity index is 613. The standard InChI is InChI=1S/C18H22N2O2/c1-14-9-11-20(12-10-14)18(21)8-7-17-19-13-16(22-17)15-5-3-2-4-6-15/h2-6,13-14H,7-12H2,1H3. The number of carbonyl (C=O) groups excluding carboxylic acids is 1. The van der Waals surface area contributed by atoms with E-state index in [1.165, 1.54) is 0 Å². The highest BCUT2D eigenvalue weighted by atomic mass is 16.4. The van der Waals surface area contributed by atoms with Crippen molar-refractivity contribution in [1.82, 2.24) is 9.88 Å². The summed E-state index contributed by atoms with van der Waals surface area (Å²) in [5.41, 5.74) is 1.01. The molecule has 0 bridgehead atoms. The molecule has 1 aromatic heterocycles. The molecule has 1 fully saturated rings. The Morgan fingerprint density at radius 2 is 2.00 bits per heavy atom. The van der Waals surface area contributed by atoms with Crippen LogP contribution in [0.2, 0.25) is 0 Å². The molecule has 0 N–H and O–H groups in total. The van der Waals surface area contributed by atoms with Crippen LogP contribution in [0.5, 0.6) is 0 Å². The Labute approximate surface area is 131 Å². The van der Waals surface area contributed by atoms with Gasteiger partial charge in [0.15, 0.2) is 11.7 Å². The van der Waals surface area contributed by atoms with Crippen LogP contribution >= 0.6 is 0 Å². The summed E-state index contributed by atoms with van der Waals surface area (Å²) in [5.74, 6) is 2.35. The van der Waals surface area contributed by atoms with Gasteiger partial charge in [-0.3, -0.25) is 4.79 Å². The first-order valence-electron chi connectivity index (χ1n) is 8.00. The van der Waals surface area contributed by atoms with Crippen LogP contribution < -0.4 is 0 Å². The number of hydrogen-bond acceptors (Lipinski definition) is 3. The minimum atomic E-state index is 0.214. The lowest BCUT2D eigenvalue weighted by Crippen LogP contribution is -2.38. The molecule has 1 amide bonds. The number of nitrogens with zero attached hydrogens (tertiary/aromatic N) is 2. The highest BCUT2D eigenvalue weighted by Crippen LogP contribution is 2.21. The van der Waals surface area contributed by atoms with E-state index in [2.05, 4.69) is 11.9 Å². The van der Waals surface area contributed by atoms with Gasteiger partial charge < -0.3 is 9.32 Å². The second-order valence-electron chi connectivity index (χ2n) is 6.05. The lowest BCUT2D eigenvalue weighted by atomic mass is 9.99. The normalized spacial score (nSPS) is 16.0. The highest BCUT2D eigenvalue weighted by molar-refractivity contribution is 5.76. The van der Waals surface area contributed by atoms with E-state index in [1.807, 2.05) is 35.2 Å². The van der Waals surface area contributed by atoms with Gasteiger partial charge in [-0.1, -0.05) is 37.3 Å². The third-order valence-corrected chi connectivity index (χ3v) is 4.30. The number of amides is 1. The van der Waals surface area contributed by atoms with Gasteiger partial charge in [0.25, 0.3) is 0 Å². The zero-order valence-corrected chi connectivity index (χ0v) is 13.0. The van der Waals surface area contributed by atoms with Crippen LogP contribution in [-0.2, 0) is 11.2 Å². The Morgan fingerprint density at radius 1 is 1.27 bits per heavy atom. The van der Waals surface area contributed by atoms with Crippen LogP contribution in [0.4, 0.5) is 0 Å². The van der Waals surface area contributed by atoms with Gasteiger partial charge >= 0.3 is 0 Å². The van der Waals surface area contributed by atoms with E-state index >= 15 is 0 Å². The van der Waals surface area contributed by atoms with Gasteiger partial charge in [-0.25, -0.2) is 4.98 Å². The first kappa shape index (κ1) is 14.8. The van der Waals surface area contributed by atoms with E-state index < -0.39 is 0 Å². The van der Waals surface area contributed by atoms with Crippen molar-refractivity contribution in [2.75, 3.05) is 13.1 Å². The largest absolute Gasteiger partial charge is 0.441 e. The second-order valence-corrected chi connectivity index (χ2v) is 6.05. The number of oxazole rings is 1. The molecule has 22 heavy (non-hydrogen) atoms. The fourth-order valence-electron chi connectivity index (χ4n) is 2.79. The number of rotatable bonds is 4. The van der Waals surface area contributed by atoms with Crippen LogP contribution in [0.3, 0.4) is 0 Å². The molecular formula is C18H22N2O2. The lowest BCUT2D eigenvalue weighted by molar-refractivity contribution is -0.132. The van der Waals surface area contributed by atoms with Crippen LogP contribution in [0, 0.1) is 5.92 Å². The SMILES string of the molecule is CC1CCN(C(=O)CCc2ncc(-c3ccccc3)o2)CC1. The Hall–Kier alpha value is -2.10. The summed E-state index contributed by atoms with van der Waals surface area (Å²) in [5, 5.41) is 0. The van der Waals surface area contributed by atoms with Crippen molar-refractivity contribution in [2.45, 2.75) is 32.6 Å². The van der Waals surface area contributed by atoms with Gasteiger partial charge in [0.2, 0.25) is 5.91 Å². The van der Waals surface area contributed by atoms with Crippen molar-refractivity contribution in [3.8, 4) is 11.3 Å². The molecule has 3 rings (SSSR count). The Balaban J connectivity index is 1.54. The van der Waals surface area contributed by atoms with Gasteiger partial charge in [-0.05, 0) is 18.8 Å². The van der Waals surface area contributed by atoms with E-state index in [1.54, 1.807) is 6.20 Å². The summed E-state index contributed by atoms with van der Waals surface area (Å²) in [6.45, 7) is 4.03. The molecule has 0 atom stereocenters. The third-order valence-electron chi connectivity index (χ3n) is 4.30. The number of aryl methyl sites for hydroxylation is 1. The van der Waals surface area contributed by atoms with Crippen LogP contribution in [0.1, 0.15) is 32.1 Å². The highest BCUT2D eigenvalue weighted by Gasteiger charge is 2.20. The van der Waals surface area contributed by atoms with Crippen molar-refractivity contribution in [1.29, 1.82) is 0 Å². The molecule has 1 saturated heterocycles.